The fourth-order valence-corrected chi connectivity index (χ4v) is 8.03. The molecule has 0 amide bonds. The van der Waals surface area contributed by atoms with Gasteiger partial charge in [-0.3, -0.25) is 0 Å². The molecule has 0 unspecified atom stereocenters. The number of carbonyl (C=O) groups excluding carboxylic acids is 2. The summed E-state index contributed by atoms with van der Waals surface area (Å²) >= 11 is 9.07. The molecule has 0 spiro atoms. The largest absolute Gasteiger partial charge is 0.488 e. The molecule has 7 rings (SSSR count). The minimum Gasteiger partial charge on any atom is -0.488 e. The Labute approximate surface area is 313 Å². The van der Waals surface area contributed by atoms with Gasteiger partial charge in [0.05, 0.1) is 30.9 Å². The molecular weight excluding hydrogens is 719 g/mol. The van der Waals surface area contributed by atoms with E-state index in [0.29, 0.717) is 41.7 Å². The van der Waals surface area contributed by atoms with E-state index in [1.165, 1.54) is 12.1 Å². The van der Waals surface area contributed by atoms with Gasteiger partial charge < -0.3 is 19.3 Å². The summed E-state index contributed by atoms with van der Waals surface area (Å²) in [6.07, 6.45) is 0. The molecule has 0 bridgehead atoms. The van der Waals surface area contributed by atoms with E-state index >= 15 is 0 Å². The molecule has 264 valence electrons. The zero-order chi connectivity index (χ0) is 36.6. The molecule has 0 saturated heterocycles. The van der Waals surface area contributed by atoms with Gasteiger partial charge in [0, 0.05) is 30.2 Å². The van der Waals surface area contributed by atoms with Gasteiger partial charge in [-0.1, -0.05) is 72.3 Å². The molecule has 0 aliphatic rings. The molecule has 6 nitrogen and oxygen atoms in total. The lowest BCUT2D eigenvalue weighted by Crippen LogP contribution is -2.04. The number of ether oxygens (including phenoxy) is 3. The second-order valence-electron chi connectivity index (χ2n) is 11.5. The summed E-state index contributed by atoms with van der Waals surface area (Å²) in [7, 11) is 0. The number of aliphatic hydroxyl groups is 1. The number of halogens is 2. The summed E-state index contributed by atoms with van der Waals surface area (Å²) in [6.45, 7) is 4.63. The maximum absolute atomic E-state index is 13.5. The van der Waals surface area contributed by atoms with Crippen LogP contribution in [0.4, 0.5) is 4.39 Å². The first-order chi connectivity index (χ1) is 25.3. The first-order valence-corrected chi connectivity index (χ1v) is 18.5. The van der Waals surface area contributed by atoms with Crippen molar-refractivity contribution in [2.24, 2.45) is 0 Å². The van der Waals surface area contributed by atoms with Crippen molar-refractivity contribution in [2.45, 2.75) is 27.1 Å². The van der Waals surface area contributed by atoms with Gasteiger partial charge in [-0.05, 0) is 95.4 Å². The Bertz CT molecular complexity index is 2340. The highest BCUT2D eigenvalue weighted by molar-refractivity contribution is 7.20. The van der Waals surface area contributed by atoms with Crippen LogP contribution >= 0.6 is 34.3 Å². The molecule has 2 aromatic heterocycles. The minimum atomic E-state index is -0.433. The highest BCUT2D eigenvalue weighted by Crippen LogP contribution is 2.37. The van der Waals surface area contributed by atoms with Crippen molar-refractivity contribution in [3.05, 3.63) is 147 Å². The van der Waals surface area contributed by atoms with E-state index in [1.54, 1.807) is 54.7 Å². The van der Waals surface area contributed by atoms with Crippen molar-refractivity contribution in [3.8, 4) is 28.0 Å². The van der Waals surface area contributed by atoms with Gasteiger partial charge in [0.15, 0.2) is 0 Å². The third kappa shape index (κ3) is 8.69. The van der Waals surface area contributed by atoms with Crippen molar-refractivity contribution in [1.82, 2.24) is 0 Å². The van der Waals surface area contributed by atoms with Gasteiger partial charge in [0.1, 0.15) is 18.2 Å². The van der Waals surface area contributed by atoms with E-state index in [0.717, 1.165) is 52.2 Å². The summed E-state index contributed by atoms with van der Waals surface area (Å²) in [5.41, 5.74) is 5.08. The van der Waals surface area contributed by atoms with Gasteiger partial charge >= 0.3 is 11.9 Å². The average molecular weight is 753 g/mol. The molecule has 1 N–H and O–H groups in total. The van der Waals surface area contributed by atoms with Crippen molar-refractivity contribution in [3.63, 3.8) is 0 Å². The molecule has 0 atom stereocenters. The van der Waals surface area contributed by atoms with Gasteiger partial charge in [0.25, 0.3) is 0 Å². The second kappa shape index (κ2) is 17.0. The van der Waals surface area contributed by atoms with E-state index in [4.69, 9.17) is 25.8 Å². The zero-order valence-corrected chi connectivity index (χ0v) is 30.7. The lowest BCUT2D eigenvalue weighted by molar-refractivity contribution is 0.0517. The molecule has 7 aromatic rings. The Hall–Kier alpha value is -5.06. The van der Waals surface area contributed by atoms with Crippen LogP contribution in [0.2, 0.25) is 5.02 Å². The van der Waals surface area contributed by atoms with Crippen LogP contribution in [0.1, 0.15) is 44.3 Å². The van der Waals surface area contributed by atoms with Crippen molar-refractivity contribution in [1.29, 1.82) is 0 Å². The number of benzene rings is 5. The standard InChI is InChI=1S/C24H18ClFO3S.C18H16O3S/c1-2-28-24(27)17-7-3-5-15(9-17)22-8-4-6-16-10-21(30-23(16)22)14-29-20-12-18(25)11-19(26)13-20;1-2-21-18(20)14-7-3-5-12(9-14)16-8-4-6-13-10-15(11-19)22-17(13)16/h3-13H,2,14H2,1H3;3-10,19H,2,11H2,1H3. The van der Waals surface area contributed by atoms with E-state index in [9.17, 15) is 19.1 Å². The number of hydrogen-bond acceptors (Lipinski definition) is 8. The van der Waals surface area contributed by atoms with Gasteiger partial charge in [0.2, 0.25) is 0 Å². The van der Waals surface area contributed by atoms with Crippen LogP contribution in [0.25, 0.3) is 42.4 Å². The molecule has 0 radical (unpaired) electrons. The Morgan fingerprint density at radius 1 is 0.673 bits per heavy atom. The van der Waals surface area contributed by atoms with E-state index in [-0.39, 0.29) is 18.5 Å². The summed E-state index contributed by atoms with van der Waals surface area (Å²) in [5.74, 6) is -0.684. The lowest BCUT2D eigenvalue weighted by Gasteiger charge is -2.07. The fraction of sp³-hybridized carbons (Fsp3) is 0.143. The maximum Gasteiger partial charge on any atom is 0.338 e. The van der Waals surface area contributed by atoms with Gasteiger partial charge in [-0.2, -0.15) is 0 Å². The summed E-state index contributed by atoms with van der Waals surface area (Å²) in [5, 5.41) is 11.8. The predicted molar refractivity (Wildman–Crippen MR) is 208 cm³/mol. The summed E-state index contributed by atoms with van der Waals surface area (Å²) in [6, 6.07) is 35.2. The van der Waals surface area contributed by atoms with Crippen LogP contribution in [-0.4, -0.2) is 30.3 Å². The van der Waals surface area contributed by atoms with E-state index in [2.05, 4.69) is 6.07 Å². The monoisotopic (exact) mass is 752 g/mol. The highest BCUT2D eigenvalue weighted by atomic mass is 35.5. The molecule has 5 aromatic carbocycles. The number of fused-ring (bicyclic) bond motifs is 2. The minimum absolute atomic E-state index is 0.0433. The molecule has 0 fully saturated rings. The van der Waals surface area contributed by atoms with Gasteiger partial charge in [-0.15, -0.1) is 22.7 Å². The Morgan fingerprint density at radius 3 is 1.71 bits per heavy atom. The van der Waals surface area contributed by atoms with Gasteiger partial charge in [-0.25, -0.2) is 14.0 Å². The van der Waals surface area contributed by atoms with Crippen molar-refractivity contribution < 1.29 is 33.3 Å². The fourth-order valence-electron chi connectivity index (χ4n) is 5.66. The number of hydrogen-bond donors (Lipinski definition) is 1. The Balaban J connectivity index is 0.000000187. The molecular formula is C42H34ClFO6S2. The molecule has 0 aliphatic carbocycles. The highest BCUT2D eigenvalue weighted by Gasteiger charge is 2.14. The SMILES string of the molecule is CCOC(=O)c1cccc(-c2cccc3cc(CO)sc23)c1.CCOC(=O)c1cccc(-c2cccc3cc(COc4cc(F)cc(Cl)c4)sc23)c1. The number of carbonyl (C=O) groups is 2. The third-order valence-electron chi connectivity index (χ3n) is 7.93. The summed E-state index contributed by atoms with van der Waals surface area (Å²) in [4.78, 5) is 25.9. The molecule has 10 heteroatoms. The smallest absolute Gasteiger partial charge is 0.338 e. The predicted octanol–water partition coefficient (Wildman–Crippen LogP) is 11.4. The maximum atomic E-state index is 13.5. The van der Waals surface area contributed by atoms with E-state index < -0.39 is 5.82 Å². The average Bonchev–Trinajstić information content (AvgIpc) is 3.78. The normalized spacial score (nSPS) is 10.9. The number of thiophene rings is 2. The van der Waals surface area contributed by atoms with Crippen molar-refractivity contribution >= 4 is 66.4 Å². The molecule has 0 saturated carbocycles. The quantitative estimate of drug-likeness (QED) is 0.140. The van der Waals surface area contributed by atoms with Crippen LogP contribution in [0.3, 0.4) is 0 Å². The van der Waals surface area contributed by atoms with Crippen LogP contribution in [0, 0.1) is 5.82 Å². The molecule has 0 aliphatic heterocycles. The molecule has 52 heavy (non-hydrogen) atoms. The van der Waals surface area contributed by atoms with Crippen LogP contribution < -0.4 is 4.74 Å². The second-order valence-corrected chi connectivity index (χ2v) is 14.2. The first-order valence-electron chi connectivity index (χ1n) is 16.5. The first kappa shape index (κ1) is 36.7. The van der Waals surface area contributed by atoms with Crippen LogP contribution in [0.5, 0.6) is 5.75 Å². The number of esters is 2. The Morgan fingerprint density at radius 2 is 1.19 bits per heavy atom. The number of aliphatic hydroxyl groups excluding tert-OH is 1. The van der Waals surface area contributed by atoms with E-state index in [1.807, 2.05) is 78.9 Å². The zero-order valence-electron chi connectivity index (χ0n) is 28.4. The Kier molecular flexibility index (Phi) is 12.0. The number of rotatable bonds is 10. The van der Waals surface area contributed by atoms with Crippen LogP contribution in [0.15, 0.2) is 115 Å². The third-order valence-corrected chi connectivity index (χ3v) is 10.5. The van der Waals surface area contributed by atoms with Crippen molar-refractivity contribution in [2.75, 3.05) is 13.2 Å². The van der Waals surface area contributed by atoms with Crippen LogP contribution in [-0.2, 0) is 22.7 Å². The topological polar surface area (TPSA) is 82.1 Å². The molecule has 2 heterocycles. The lowest BCUT2D eigenvalue weighted by atomic mass is 10.0. The summed E-state index contributed by atoms with van der Waals surface area (Å²) < 4.78 is 31.6.